The van der Waals surface area contributed by atoms with Crippen molar-refractivity contribution in [3.05, 3.63) is 29.8 Å². The van der Waals surface area contributed by atoms with Crippen LogP contribution in [0.2, 0.25) is 0 Å². The Labute approximate surface area is 147 Å². The average molecular weight is 331 g/mol. The molecule has 0 spiro atoms. The van der Waals surface area contributed by atoms with E-state index >= 15 is 0 Å². The van der Waals surface area contributed by atoms with Gasteiger partial charge in [-0.2, -0.15) is 0 Å². The SMILES string of the molecule is CC1CCCN(CC(c2ccc(N(C)C)cc2)N2CCNCC2)C1. The smallest absolute Gasteiger partial charge is 0.0476 e. The fraction of sp³-hybridized carbons (Fsp3) is 0.700. The Morgan fingerprint density at radius 3 is 2.46 bits per heavy atom. The number of rotatable bonds is 5. The predicted molar refractivity (Wildman–Crippen MR) is 103 cm³/mol. The standard InChI is InChI=1S/C20H34N4/c1-17-5-4-12-23(15-17)16-20(24-13-10-21-11-14-24)18-6-8-19(9-7-18)22(2)3/h6-9,17,20-21H,4-5,10-16H2,1-3H3. The highest BCUT2D eigenvalue weighted by Gasteiger charge is 2.26. The molecule has 0 aromatic heterocycles. The summed E-state index contributed by atoms with van der Waals surface area (Å²) in [7, 11) is 4.22. The predicted octanol–water partition coefficient (Wildman–Crippen LogP) is 2.43. The normalized spacial score (nSPS) is 24.7. The average Bonchev–Trinajstić information content (AvgIpc) is 2.61. The minimum Gasteiger partial charge on any atom is -0.378 e. The summed E-state index contributed by atoms with van der Waals surface area (Å²) in [5.41, 5.74) is 2.75. The lowest BCUT2D eigenvalue weighted by Gasteiger charge is -2.40. The van der Waals surface area contributed by atoms with Crippen LogP contribution in [0.15, 0.2) is 24.3 Å². The van der Waals surface area contributed by atoms with Gasteiger partial charge in [0.2, 0.25) is 0 Å². The second-order valence-corrected chi connectivity index (χ2v) is 7.79. The molecule has 1 aromatic carbocycles. The topological polar surface area (TPSA) is 21.8 Å². The van der Waals surface area contributed by atoms with E-state index in [2.05, 4.69) is 65.3 Å². The minimum atomic E-state index is 0.522. The van der Waals surface area contributed by atoms with Crippen LogP contribution >= 0.6 is 0 Å². The summed E-state index contributed by atoms with van der Waals surface area (Å²) in [6.07, 6.45) is 2.75. The molecular formula is C20H34N4. The quantitative estimate of drug-likeness (QED) is 0.895. The lowest BCUT2D eigenvalue weighted by atomic mass is 9.97. The molecule has 1 N–H and O–H groups in total. The van der Waals surface area contributed by atoms with Crippen LogP contribution in [0.25, 0.3) is 0 Å². The molecule has 2 aliphatic heterocycles. The van der Waals surface area contributed by atoms with Gasteiger partial charge in [-0.25, -0.2) is 0 Å². The molecule has 0 aliphatic carbocycles. The second-order valence-electron chi connectivity index (χ2n) is 7.79. The van der Waals surface area contributed by atoms with Crippen molar-refractivity contribution in [1.29, 1.82) is 0 Å². The molecule has 2 saturated heterocycles. The highest BCUT2D eigenvalue weighted by molar-refractivity contribution is 5.46. The Hall–Kier alpha value is -1.10. The van der Waals surface area contributed by atoms with Crippen molar-refractivity contribution in [2.45, 2.75) is 25.8 Å². The van der Waals surface area contributed by atoms with E-state index in [9.17, 15) is 0 Å². The van der Waals surface area contributed by atoms with Crippen molar-refractivity contribution in [1.82, 2.24) is 15.1 Å². The van der Waals surface area contributed by atoms with Crippen LogP contribution in [0.1, 0.15) is 31.4 Å². The monoisotopic (exact) mass is 330 g/mol. The van der Waals surface area contributed by atoms with E-state index in [0.29, 0.717) is 6.04 Å². The van der Waals surface area contributed by atoms with E-state index in [4.69, 9.17) is 0 Å². The van der Waals surface area contributed by atoms with Crippen LogP contribution in [0.5, 0.6) is 0 Å². The zero-order valence-electron chi connectivity index (χ0n) is 15.7. The third kappa shape index (κ3) is 4.50. The number of benzene rings is 1. The number of nitrogens with zero attached hydrogens (tertiary/aromatic N) is 3. The second kappa shape index (κ2) is 8.32. The van der Waals surface area contributed by atoms with Crippen LogP contribution in [0, 0.1) is 5.92 Å². The lowest BCUT2D eigenvalue weighted by molar-refractivity contribution is 0.100. The molecule has 3 rings (SSSR count). The van der Waals surface area contributed by atoms with Gasteiger partial charge < -0.3 is 15.1 Å². The molecule has 2 aliphatic rings. The number of anilines is 1. The largest absolute Gasteiger partial charge is 0.378 e. The number of piperazine rings is 1. The van der Waals surface area contributed by atoms with Gasteiger partial charge in [0, 0.05) is 65.1 Å². The molecule has 1 aromatic rings. The van der Waals surface area contributed by atoms with Crippen molar-refractivity contribution in [3.63, 3.8) is 0 Å². The van der Waals surface area contributed by atoms with Crippen LogP contribution in [0.4, 0.5) is 5.69 Å². The summed E-state index contributed by atoms with van der Waals surface area (Å²) in [5, 5.41) is 3.49. The molecule has 0 radical (unpaired) electrons. The molecule has 0 saturated carbocycles. The Morgan fingerprint density at radius 2 is 1.83 bits per heavy atom. The number of hydrogen-bond donors (Lipinski definition) is 1. The van der Waals surface area contributed by atoms with Crippen LogP contribution in [-0.2, 0) is 0 Å². The van der Waals surface area contributed by atoms with E-state index < -0.39 is 0 Å². The zero-order chi connectivity index (χ0) is 16.9. The maximum absolute atomic E-state index is 3.49. The summed E-state index contributed by atoms with van der Waals surface area (Å²) in [6.45, 7) is 10.6. The third-order valence-corrected chi connectivity index (χ3v) is 5.56. The van der Waals surface area contributed by atoms with Crippen molar-refractivity contribution in [3.8, 4) is 0 Å². The molecule has 2 fully saturated rings. The van der Waals surface area contributed by atoms with Crippen molar-refractivity contribution in [2.75, 3.05) is 64.8 Å². The first-order chi connectivity index (χ1) is 11.6. The first-order valence-corrected chi connectivity index (χ1v) is 9.58. The minimum absolute atomic E-state index is 0.522. The van der Waals surface area contributed by atoms with E-state index in [1.165, 1.54) is 43.7 Å². The molecule has 134 valence electrons. The van der Waals surface area contributed by atoms with Crippen LogP contribution in [-0.4, -0.2) is 69.7 Å². The summed E-state index contributed by atoms with van der Waals surface area (Å²) in [5.74, 6) is 0.846. The summed E-state index contributed by atoms with van der Waals surface area (Å²) < 4.78 is 0. The van der Waals surface area contributed by atoms with E-state index in [1.807, 2.05) is 0 Å². The maximum atomic E-state index is 3.49. The molecule has 0 amide bonds. The summed E-state index contributed by atoms with van der Waals surface area (Å²) in [4.78, 5) is 7.55. The number of nitrogens with one attached hydrogen (secondary N) is 1. The molecule has 4 heteroatoms. The molecule has 2 atom stereocenters. The Morgan fingerprint density at radius 1 is 1.12 bits per heavy atom. The molecule has 0 bridgehead atoms. The lowest BCUT2D eigenvalue weighted by Crippen LogP contribution is -2.49. The fourth-order valence-corrected chi connectivity index (χ4v) is 4.12. The van der Waals surface area contributed by atoms with Crippen molar-refractivity contribution >= 4 is 5.69 Å². The molecule has 4 nitrogen and oxygen atoms in total. The van der Waals surface area contributed by atoms with Gasteiger partial charge in [-0.3, -0.25) is 4.90 Å². The summed E-state index contributed by atoms with van der Waals surface area (Å²) >= 11 is 0. The van der Waals surface area contributed by atoms with Crippen LogP contribution in [0.3, 0.4) is 0 Å². The fourth-order valence-electron chi connectivity index (χ4n) is 4.12. The first-order valence-electron chi connectivity index (χ1n) is 9.58. The van der Waals surface area contributed by atoms with Gasteiger partial charge in [-0.15, -0.1) is 0 Å². The highest BCUT2D eigenvalue weighted by Crippen LogP contribution is 2.26. The van der Waals surface area contributed by atoms with Gasteiger partial charge in [0.25, 0.3) is 0 Å². The number of piperidine rings is 1. The van der Waals surface area contributed by atoms with E-state index in [0.717, 1.165) is 32.1 Å². The van der Waals surface area contributed by atoms with E-state index in [1.54, 1.807) is 0 Å². The highest BCUT2D eigenvalue weighted by atomic mass is 15.3. The molecule has 2 heterocycles. The van der Waals surface area contributed by atoms with Crippen LogP contribution < -0.4 is 10.2 Å². The van der Waals surface area contributed by atoms with Crippen molar-refractivity contribution < 1.29 is 0 Å². The maximum Gasteiger partial charge on any atom is 0.0476 e. The number of hydrogen-bond acceptors (Lipinski definition) is 4. The summed E-state index contributed by atoms with van der Waals surface area (Å²) in [6, 6.07) is 9.74. The Bertz CT molecular complexity index is 493. The van der Waals surface area contributed by atoms with Gasteiger partial charge in [0.15, 0.2) is 0 Å². The molecule has 24 heavy (non-hydrogen) atoms. The third-order valence-electron chi connectivity index (χ3n) is 5.56. The molecular weight excluding hydrogens is 296 g/mol. The number of likely N-dealkylation sites (tertiary alicyclic amines) is 1. The van der Waals surface area contributed by atoms with Gasteiger partial charge in [0.05, 0.1) is 0 Å². The van der Waals surface area contributed by atoms with Gasteiger partial charge >= 0.3 is 0 Å². The van der Waals surface area contributed by atoms with Gasteiger partial charge in [0.1, 0.15) is 0 Å². The van der Waals surface area contributed by atoms with Gasteiger partial charge in [-0.1, -0.05) is 19.1 Å². The zero-order valence-corrected chi connectivity index (χ0v) is 15.7. The Balaban J connectivity index is 1.75. The Kier molecular flexibility index (Phi) is 6.14. The molecule has 2 unspecified atom stereocenters. The van der Waals surface area contributed by atoms with Gasteiger partial charge in [-0.05, 0) is 43.0 Å². The first kappa shape index (κ1) is 17.7. The van der Waals surface area contributed by atoms with Crippen molar-refractivity contribution in [2.24, 2.45) is 5.92 Å². The van der Waals surface area contributed by atoms with E-state index in [-0.39, 0.29) is 0 Å².